The zero-order chi connectivity index (χ0) is 10.8. The van der Waals surface area contributed by atoms with Crippen molar-refractivity contribution in [3.63, 3.8) is 0 Å². The summed E-state index contributed by atoms with van der Waals surface area (Å²) in [5.74, 6) is 0.611. The Morgan fingerprint density at radius 1 is 1.50 bits per heavy atom. The van der Waals surface area contributed by atoms with Crippen LogP contribution in [0.1, 0.15) is 20.8 Å². The van der Waals surface area contributed by atoms with Gasteiger partial charge in [-0.2, -0.15) is 0 Å². The summed E-state index contributed by atoms with van der Waals surface area (Å²) in [6.07, 6.45) is 1.38. The standard InChI is InChI=1S/C9H14ClN3O/c1-6(9(2,3)14)13-8-4-7(10)11-5-12-8/h4-6,14H,1-3H3,(H,11,12,13). The largest absolute Gasteiger partial charge is 0.388 e. The lowest BCUT2D eigenvalue weighted by Gasteiger charge is -2.27. The molecule has 0 bridgehead atoms. The first-order chi connectivity index (χ1) is 6.39. The van der Waals surface area contributed by atoms with Gasteiger partial charge < -0.3 is 10.4 Å². The number of nitrogens with zero attached hydrogens (tertiary/aromatic N) is 2. The van der Waals surface area contributed by atoms with Crippen molar-refractivity contribution in [2.45, 2.75) is 32.4 Å². The van der Waals surface area contributed by atoms with Crippen molar-refractivity contribution in [3.8, 4) is 0 Å². The van der Waals surface area contributed by atoms with Crippen LogP contribution in [0.3, 0.4) is 0 Å². The molecule has 2 N–H and O–H groups in total. The molecule has 0 aliphatic rings. The number of hydrogen-bond acceptors (Lipinski definition) is 4. The average Bonchev–Trinajstić information content (AvgIpc) is 2.02. The van der Waals surface area contributed by atoms with Crippen molar-refractivity contribution in [2.75, 3.05) is 5.32 Å². The van der Waals surface area contributed by atoms with E-state index in [1.807, 2.05) is 6.92 Å². The van der Waals surface area contributed by atoms with Crippen molar-refractivity contribution in [1.29, 1.82) is 0 Å². The minimum Gasteiger partial charge on any atom is -0.388 e. The van der Waals surface area contributed by atoms with E-state index in [2.05, 4.69) is 15.3 Å². The molecule has 0 aliphatic heterocycles. The molecule has 1 aromatic rings. The second-order valence-corrected chi connectivity index (χ2v) is 4.13. The Labute approximate surface area is 88.3 Å². The molecular formula is C9H14ClN3O. The zero-order valence-corrected chi connectivity index (χ0v) is 9.21. The molecule has 14 heavy (non-hydrogen) atoms. The van der Waals surface area contributed by atoms with Crippen molar-refractivity contribution in [2.24, 2.45) is 0 Å². The fourth-order valence-corrected chi connectivity index (χ4v) is 0.958. The summed E-state index contributed by atoms with van der Waals surface area (Å²) in [5.41, 5.74) is -0.808. The molecular weight excluding hydrogens is 202 g/mol. The van der Waals surface area contributed by atoms with Gasteiger partial charge in [-0.1, -0.05) is 11.6 Å². The molecule has 0 aliphatic carbocycles. The highest BCUT2D eigenvalue weighted by Crippen LogP contribution is 2.15. The number of aliphatic hydroxyl groups is 1. The predicted octanol–water partition coefficient (Wildman–Crippen LogP) is 1.70. The summed E-state index contributed by atoms with van der Waals surface area (Å²) in [5, 5.41) is 13.1. The Morgan fingerprint density at radius 2 is 2.14 bits per heavy atom. The molecule has 1 unspecified atom stereocenters. The van der Waals surface area contributed by atoms with Crippen LogP contribution in [0.2, 0.25) is 5.15 Å². The van der Waals surface area contributed by atoms with Gasteiger partial charge in [0.2, 0.25) is 0 Å². The highest BCUT2D eigenvalue weighted by molar-refractivity contribution is 6.29. The molecule has 0 amide bonds. The summed E-state index contributed by atoms with van der Waals surface area (Å²) in [7, 11) is 0. The molecule has 1 aromatic heterocycles. The van der Waals surface area contributed by atoms with Gasteiger partial charge >= 0.3 is 0 Å². The second kappa shape index (κ2) is 4.11. The lowest BCUT2D eigenvalue weighted by Crippen LogP contribution is -2.39. The molecule has 1 heterocycles. The molecule has 4 nitrogen and oxygen atoms in total. The molecule has 78 valence electrons. The molecule has 0 saturated carbocycles. The van der Waals surface area contributed by atoms with Gasteiger partial charge in [-0.15, -0.1) is 0 Å². The Hall–Kier alpha value is -0.870. The van der Waals surface area contributed by atoms with E-state index >= 15 is 0 Å². The van der Waals surface area contributed by atoms with Gasteiger partial charge in [0.25, 0.3) is 0 Å². The van der Waals surface area contributed by atoms with E-state index in [0.29, 0.717) is 11.0 Å². The van der Waals surface area contributed by atoms with Crippen LogP contribution < -0.4 is 5.32 Å². The fraction of sp³-hybridized carbons (Fsp3) is 0.556. The van der Waals surface area contributed by atoms with Crippen LogP contribution in [0.25, 0.3) is 0 Å². The maximum Gasteiger partial charge on any atom is 0.134 e. The van der Waals surface area contributed by atoms with E-state index in [9.17, 15) is 5.11 Å². The molecule has 5 heteroatoms. The van der Waals surface area contributed by atoms with Crippen molar-refractivity contribution in [1.82, 2.24) is 9.97 Å². The minimum atomic E-state index is -0.808. The van der Waals surface area contributed by atoms with Gasteiger partial charge in [0.1, 0.15) is 17.3 Å². The smallest absolute Gasteiger partial charge is 0.134 e. The Morgan fingerprint density at radius 3 is 2.64 bits per heavy atom. The maximum absolute atomic E-state index is 9.68. The first-order valence-corrected chi connectivity index (χ1v) is 4.74. The first kappa shape index (κ1) is 11.2. The Bertz CT molecular complexity index is 311. The number of hydrogen-bond donors (Lipinski definition) is 2. The van der Waals surface area contributed by atoms with E-state index in [0.717, 1.165) is 0 Å². The summed E-state index contributed by atoms with van der Waals surface area (Å²) in [6, 6.07) is 1.50. The summed E-state index contributed by atoms with van der Waals surface area (Å²) < 4.78 is 0. The van der Waals surface area contributed by atoms with Crippen LogP contribution in [-0.4, -0.2) is 26.7 Å². The number of anilines is 1. The molecule has 1 atom stereocenters. The Kier molecular flexibility index (Phi) is 3.29. The highest BCUT2D eigenvalue weighted by Gasteiger charge is 2.22. The minimum absolute atomic E-state index is 0.117. The van der Waals surface area contributed by atoms with Crippen molar-refractivity contribution < 1.29 is 5.11 Å². The van der Waals surface area contributed by atoms with Crippen LogP contribution in [0.5, 0.6) is 0 Å². The summed E-state index contributed by atoms with van der Waals surface area (Å²) in [6.45, 7) is 5.33. The summed E-state index contributed by atoms with van der Waals surface area (Å²) in [4.78, 5) is 7.74. The zero-order valence-electron chi connectivity index (χ0n) is 8.45. The SMILES string of the molecule is CC(Nc1cc(Cl)ncn1)C(C)(C)O. The van der Waals surface area contributed by atoms with Crippen molar-refractivity contribution >= 4 is 17.4 Å². The van der Waals surface area contributed by atoms with E-state index in [1.165, 1.54) is 6.33 Å². The van der Waals surface area contributed by atoms with Crippen LogP contribution in [0.4, 0.5) is 5.82 Å². The van der Waals surface area contributed by atoms with Gasteiger partial charge in [-0.05, 0) is 20.8 Å². The van der Waals surface area contributed by atoms with E-state index < -0.39 is 5.60 Å². The fourth-order valence-electron chi connectivity index (χ4n) is 0.811. The van der Waals surface area contributed by atoms with Crippen LogP contribution in [0, 0.1) is 0 Å². The van der Waals surface area contributed by atoms with Crippen LogP contribution in [0.15, 0.2) is 12.4 Å². The van der Waals surface area contributed by atoms with Gasteiger partial charge in [-0.3, -0.25) is 0 Å². The monoisotopic (exact) mass is 215 g/mol. The number of nitrogens with one attached hydrogen (secondary N) is 1. The van der Waals surface area contributed by atoms with Gasteiger partial charge in [0.15, 0.2) is 0 Å². The Balaban J connectivity index is 2.70. The van der Waals surface area contributed by atoms with Crippen LogP contribution >= 0.6 is 11.6 Å². The lowest BCUT2D eigenvalue weighted by molar-refractivity contribution is 0.0648. The van der Waals surface area contributed by atoms with Gasteiger partial charge in [-0.25, -0.2) is 9.97 Å². The third kappa shape index (κ3) is 3.12. The third-order valence-corrected chi connectivity index (χ3v) is 2.26. The van der Waals surface area contributed by atoms with E-state index in [4.69, 9.17) is 11.6 Å². The molecule has 0 fully saturated rings. The predicted molar refractivity (Wildman–Crippen MR) is 56.4 cm³/mol. The van der Waals surface area contributed by atoms with Gasteiger partial charge in [0.05, 0.1) is 11.6 Å². The normalized spacial score (nSPS) is 13.8. The van der Waals surface area contributed by atoms with Crippen molar-refractivity contribution in [3.05, 3.63) is 17.5 Å². The molecule has 0 aromatic carbocycles. The second-order valence-electron chi connectivity index (χ2n) is 3.75. The average molecular weight is 216 g/mol. The third-order valence-electron chi connectivity index (χ3n) is 2.06. The molecule has 0 radical (unpaired) electrons. The topological polar surface area (TPSA) is 58.0 Å². The maximum atomic E-state index is 9.68. The number of halogens is 1. The highest BCUT2D eigenvalue weighted by atomic mass is 35.5. The van der Waals surface area contributed by atoms with E-state index in [-0.39, 0.29) is 6.04 Å². The molecule has 0 saturated heterocycles. The lowest BCUT2D eigenvalue weighted by atomic mass is 10.0. The van der Waals surface area contributed by atoms with Crippen LogP contribution in [-0.2, 0) is 0 Å². The molecule has 1 rings (SSSR count). The van der Waals surface area contributed by atoms with E-state index in [1.54, 1.807) is 19.9 Å². The first-order valence-electron chi connectivity index (χ1n) is 4.36. The summed E-state index contributed by atoms with van der Waals surface area (Å²) >= 11 is 5.69. The molecule has 0 spiro atoms. The van der Waals surface area contributed by atoms with Gasteiger partial charge in [0, 0.05) is 6.07 Å². The number of aromatic nitrogens is 2. The number of rotatable bonds is 3. The quantitative estimate of drug-likeness (QED) is 0.754.